The summed E-state index contributed by atoms with van der Waals surface area (Å²) < 4.78 is 2.14. The Labute approximate surface area is 92.0 Å². The van der Waals surface area contributed by atoms with Gasteiger partial charge in [-0.15, -0.1) is 0 Å². The highest BCUT2D eigenvalue weighted by Gasteiger charge is 2.16. The first-order valence-electron chi connectivity index (χ1n) is 5.51. The van der Waals surface area contributed by atoms with E-state index in [-0.39, 0.29) is 5.41 Å². The number of hydrogen-bond acceptors (Lipinski definition) is 1. The molecule has 0 N–H and O–H groups in total. The Morgan fingerprint density at radius 1 is 1.13 bits per heavy atom. The zero-order valence-corrected chi connectivity index (χ0v) is 10.3. The van der Waals surface area contributed by atoms with E-state index in [1.54, 1.807) is 0 Å². The van der Waals surface area contributed by atoms with Crippen LogP contribution >= 0.6 is 0 Å². The lowest BCUT2D eigenvalue weighted by Gasteiger charge is -2.20. The van der Waals surface area contributed by atoms with Crippen molar-refractivity contribution in [3.05, 3.63) is 36.3 Å². The minimum atomic E-state index is 0.167. The molecule has 2 rings (SSSR count). The standard InChI is InChI=1S/C11H14N2.C2H6/c1-11(2,3)9-5-4-6-10-12-7-8-13(9)10;1-2/h4-8H,1-3H3;1-2H3. The van der Waals surface area contributed by atoms with Gasteiger partial charge in [-0.1, -0.05) is 40.7 Å². The van der Waals surface area contributed by atoms with Gasteiger partial charge in [0.05, 0.1) is 0 Å². The second kappa shape index (κ2) is 4.47. The molecule has 0 aromatic carbocycles. The molecule has 0 aliphatic heterocycles. The van der Waals surface area contributed by atoms with E-state index in [1.807, 2.05) is 32.3 Å². The second-order valence-corrected chi connectivity index (χ2v) is 4.32. The maximum atomic E-state index is 4.26. The molecule has 0 saturated heterocycles. The van der Waals surface area contributed by atoms with Crippen LogP contribution < -0.4 is 0 Å². The van der Waals surface area contributed by atoms with Crippen LogP contribution in [0.2, 0.25) is 0 Å². The van der Waals surface area contributed by atoms with Crippen molar-refractivity contribution in [1.29, 1.82) is 0 Å². The molecular weight excluding hydrogens is 184 g/mol. The highest BCUT2D eigenvalue weighted by Crippen LogP contribution is 2.22. The first-order valence-corrected chi connectivity index (χ1v) is 5.51. The zero-order valence-electron chi connectivity index (χ0n) is 10.3. The first kappa shape index (κ1) is 11.8. The molecule has 2 heteroatoms. The van der Waals surface area contributed by atoms with E-state index in [0.29, 0.717) is 0 Å². The summed E-state index contributed by atoms with van der Waals surface area (Å²) >= 11 is 0. The summed E-state index contributed by atoms with van der Waals surface area (Å²) in [5.41, 5.74) is 2.48. The van der Waals surface area contributed by atoms with Crippen LogP contribution in [0.3, 0.4) is 0 Å². The van der Waals surface area contributed by atoms with Crippen molar-refractivity contribution >= 4 is 5.65 Å². The number of aromatic nitrogens is 2. The van der Waals surface area contributed by atoms with Gasteiger partial charge < -0.3 is 4.40 Å². The van der Waals surface area contributed by atoms with E-state index >= 15 is 0 Å². The van der Waals surface area contributed by atoms with Gasteiger partial charge in [0.25, 0.3) is 0 Å². The summed E-state index contributed by atoms with van der Waals surface area (Å²) in [6, 6.07) is 6.23. The van der Waals surface area contributed by atoms with Gasteiger partial charge in [0.2, 0.25) is 0 Å². The van der Waals surface area contributed by atoms with Gasteiger partial charge in [-0.2, -0.15) is 0 Å². The third kappa shape index (κ3) is 2.38. The number of pyridine rings is 1. The molecule has 0 unspecified atom stereocenters. The van der Waals surface area contributed by atoms with Crippen molar-refractivity contribution in [3.8, 4) is 0 Å². The summed E-state index contributed by atoms with van der Waals surface area (Å²) in [6.45, 7) is 10.6. The summed E-state index contributed by atoms with van der Waals surface area (Å²) in [5.74, 6) is 0. The summed E-state index contributed by atoms with van der Waals surface area (Å²) in [4.78, 5) is 4.26. The molecule has 2 heterocycles. The quantitative estimate of drug-likeness (QED) is 0.640. The third-order valence-corrected chi connectivity index (χ3v) is 2.20. The predicted molar refractivity (Wildman–Crippen MR) is 65.2 cm³/mol. The SMILES string of the molecule is CC.CC(C)(C)c1cccc2nccn12. The molecule has 0 atom stereocenters. The molecule has 0 aliphatic carbocycles. The van der Waals surface area contributed by atoms with Crippen molar-refractivity contribution in [2.75, 3.05) is 0 Å². The van der Waals surface area contributed by atoms with Gasteiger partial charge in [0.15, 0.2) is 0 Å². The molecule has 0 radical (unpaired) electrons. The second-order valence-electron chi connectivity index (χ2n) is 4.32. The molecule has 2 nitrogen and oxygen atoms in total. The maximum absolute atomic E-state index is 4.26. The molecule has 0 spiro atoms. The molecule has 2 aromatic heterocycles. The minimum absolute atomic E-state index is 0.167. The lowest BCUT2D eigenvalue weighted by atomic mass is 9.91. The Hall–Kier alpha value is -1.31. The Balaban J connectivity index is 0.000000531. The van der Waals surface area contributed by atoms with Gasteiger partial charge >= 0.3 is 0 Å². The van der Waals surface area contributed by atoms with Gasteiger partial charge in [-0.3, -0.25) is 0 Å². The van der Waals surface area contributed by atoms with Crippen molar-refractivity contribution in [2.45, 2.75) is 40.0 Å². The number of hydrogen-bond donors (Lipinski definition) is 0. The van der Waals surface area contributed by atoms with Crippen LogP contribution in [0.1, 0.15) is 40.3 Å². The Bertz CT molecular complexity index is 421. The van der Waals surface area contributed by atoms with Crippen LogP contribution in [0.25, 0.3) is 5.65 Å². The largest absolute Gasteiger partial charge is 0.304 e. The Morgan fingerprint density at radius 3 is 2.40 bits per heavy atom. The fourth-order valence-electron chi connectivity index (χ4n) is 1.56. The van der Waals surface area contributed by atoms with Crippen molar-refractivity contribution in [3.63, 3.8) is 0 Å². The highest BCUT2D eigenvalue weighted by atomic mass is 15.0. The first-order chi connectivity index (χ1) is 7.09. The van der Waals surface area contributed by atoms with Crippen molar-refractivity contribution in [2.24, 2.45) is 0 Å². The predicted octanol–water partition coefficient (Wildman–Crippen LogP) is 3.66. The lowest BCUT2D eigenvalue weighted by Crippen LogP contribution is -2.15. The van der Waals surface area contributed by atoms with Gasteiger partial charge in [-0.25, -0.2) is 4.98 Å². The van der Waals surface area contributed by atoms with Gasteiger partial charge in [0, 0.05) is 23.5 Å². The molecule has 82 valence electrons. The topological polar surface area (TPSA) is 17.3 Å². The van der Waals surface area contributed by atoms with E-state index < -0.39 is 0 Å². The van der Waals surface area contributed by atoms with Crippen molar-refractivity contribution in [1.82, 2.24) is 9.38 Å². The third-order valence-electron chi connectivity index (χ3n) is 2.20. The van der Waals surface area contributed by atoms with Crippen LogP contribution in [-0.4, -0.2) is 9.38 Å². The van der Waals surface area contributed by atoms with E-state index in [1.165, 1.54) is 5.69 Å². The lowest BCUT2D eigenvalue weighted by molar-refractivity contribution is 0.561. The molecule has 0 aliphatic rings. The van der Waals surface area contributed by atoms with Crippen LogP contribution in [-0.2, 0) is 5.41 Å². The maximum Gasteiger partial charge on any atom is 0.136 e. The zero-order chi connectivity index (χ0) is 11.5. The molecule has 15 heavy (non-hydrogen) atoms. The number of imidazole rings is 1. The molecule has 2 aromatic rings. The number of rotatable bonds is 0. The van der Waals surface area contributed by atoms with Gasteiger partial charge in [0.1, 0.15) is 5.65 Å². The normalized spacial score (nSPS) is 11.0. The van der Waals surface area contributed by atoms with Crippen LogP contribution in [0.15, 0.2) is 30.6 Å². The van der Waals surface area contributed by atoms with Crippen molar-refractivity contribution < 1.29 is 0 Å². The highest BCUT2D eigenvalue weighted by molar-refractivity contribution is 5.41. The van der Waals surface area contributed by atoms with Crippen LogP contribution in [0.5, 0.6) is 0 Å². The smallest absolute Gasteiger partial charge is 0.136 e. The van der Waals surface area contributed by atoms with Gasteiger partial charge in [-0.05, 0) is 12.1 Å². The number of nitrogens with zero attached hydrogens (tertiary/aromatic N) is 2. The van der Waals surface area contributed by atoms with E-state index in [9.17, 15) is 0 Å². The fourth-order valence-corrected chi connectivity index (χ4v) is 1.56. The average molecular weight is 204 g/mol. The Kier molecular flexibility index (Phi) is 3.51. The van der Waals surface area contributed by atoms with E-state index in [2.05, 4.69) is 42.3 Å². The van der Waals surface area contributed by atoms with E-state index in [4.69, 9.17) is 0 Å². The minimum Gasteiger partial charge on any atom is -0.304 e. The molecule has 0 amide bonds. The van der Waals surface area contributed by atoms with E-state index in [0.717, 1.165) is 5.65 Å². The molecular formula is C13H20N2. The fraction of sp³-hybridized carbons (Fsp3) is 0.462. The molecule has 0 bridgehead atoms. The average Bonchev–Trinajstić information content (AvgIpc) is 2.66. The number of fused-ring (bicyclic) bond motifs is 1. The molecule has 0 fully saturated rings. The summed E-state index contributed by atoms with van der Waals surface area (Å²) in [6.07, 6.45) is 3.85. The van der Waals surface area contributed by atoms with Crippen LogP contribution in [0, 0.1) is 0 Å². The molecule has 0 saturated carbocycles. The summed E-state index contributed by atoms with van der Waals surface area (Å²) in [7, 11) is 0. The van der Waals surface area contributed by atoms with Crippen LogP contribution in [0.4, 0.5) is 0 Å². The Morgan fingerprint density at radius 2 is 1.80 bits per heavy atom. The summed E-state index contributed by atoms with van der Waals surface area (Å²) in [5, 5.41) is 0. The monoisotopic (exact) mass is 204 g/mol.